The fraction of sp³-hybridized carbons (Fsp3) is 0.500. The molecular weight excluding hydrogens is 282 g/mol. The molecule has 2 rings (SSSR count). The van der Waals surface area contributed by atoms with Crippen LogP contribution in [0.4, 0.5) is 10.5 Å². The van der Waals surface area contributed by atoms with E-state index in [1.807, 2.05) is 19.1 Å². The SMILES string of the molecule is CCNC(=O)Nc1ccc(CC(=O)N2CCC(O)CC2)cc1. The van der Waals surface area contributed by atoms with Gasteiger partial charge < -0.3 is 20.6 Å². The number of nitrogens with zero attached hydrogens (tertiary/aromatic N) is 1. The van der Waals surface area contributed by atoms with Crippen LogP contribution in [-0.2, 0) is 11.2 Å². The quantitative estimate of drug-likeness (QED) is 0.785. The fourth-order valence-corrected chi connectivity index (χ4v) is 2.44. The third kappa shape index (κ3) is 4.73. The van der Waals surface area contributed by atoms with Gasteiger partial charge in [-0.3, -0.25) is 4.79 Å². The number of carbonyl (C=O) groups is 2. The highest BCUT2D eigenvalue weighted by Crippen LogP contribution is 2.14. The summed E-state index contributed by atoms with van der Waals surface area (Å²) in [5.74, 6) is 0.0799. The Morgan fingerprint density at radius 2 is 1.86 bits per heavy atom. The summed E-state index contributed by atoms with van der Waals surface area (Å²) in [4.78, 5) is 25.4. The highest BCUT2D eigenvalue weighted by atomic mass is 16.3. The molecule has 6 heteroatoms. The van der Waals surface area contributed by atoms with Crippen LogP contribution >= 0.6 is 0 Å². The van der Waals surface area contributed by atoms with E-state index < -0.39 is 0 Å². The summed E-state index contributed by atoms with van der Waals surface area (Å²) in [5, 5.41) is 14.8. The number of aliphatic hydroxyl groups is 1. The van der Waals surface area contributed by atoms with E-state index >= 15 is 0 Å². The number of likely N-dealkylation sites (tertiary alicyclic amines) is 1. The predicted octanol–water partition coefficient (Wildman–Crippen LogP) is 1.35. The number of benzene rings is 1. The third-order valence-corrected chi connectivity index (χ3v) is 3.72. The zero-order chi connectivity index (χ0) is 15.9. The fourth-order valence-electron chi connectivity index (χ4n) is 2.44. The number of amides is 3. The van der Waals surface area contributed by atoms with Gasteiger partial charge in [-0.25, -0.2) is 4.79 Å². The van der Waals surface area contributed by atoms with E-state index in [0.717, 1.165) is 5.56 Å². The number of hydrogen-bond acceptors (Lipinski definition) is 3. The van der Waals surface area contributed by atoms with Gasteiger partial charge in [-0.2, -0.15) is 0 Å². The minimum absolute atomic E-state index is 0.0799. The van der Waals surface area contributed by atoms with Crippen molar-refractivity contribution in [3.63, 3.8) is 0 Å². The predicted molar refractivity (Wildman–Crippen MR) is 84.7 cm³/mol. The van der Waals surface area contributed by atoms with Crippen molar-refractivity contribution in [1.82, 2.24) is 10.2 Å². The summed E-state index contributed by atoms with van der Waals surface area (Å²) in [6.45, 7) is 3.67. The average molecular weight is 305 g/mol. The molecule has 1 fully saturated rings. The van der Waals surface area contributed by atoms with Crippen LogP contribution in [0.2, 0.25) is 0 Å². The first kappa shape index (κ1) is 16.3. The molecule has 1 aromatic carbocycles. The molecule has 1 aliphatic heterocycles. The van der Waals surface area contributed by atoms with Gasteiger partial charge in [0.2, 0.25) is 5.91 Å². The molecule has 1 aliphatic rings. The number of hydrogen-bond donors (Lipinski definition) is 3. The zero-order valence-corrected chi connectivity index (χ0v) is 12.8. The van der Waals surface area contributed by atoms with Crippen molar-refractivity contribution in [2.45, 2.75) is 32.3 Å². The van der Waals surface area contributed by atoms with Gasteiger partial charge in [-0.15, -0.1) is 0 Å². The summed E-state index contributed by atoms with van der Waals surface area (Å²) < 4.78 is 0. The molecule has 0 atom stereocenters. The van der Waals surface area contributed by atoms with E-state index in [0.29, 0.717) is 44.6 Å². The van der Waals surface area contributed by atoms with E-state index in [1.165, 1.54) is 0 Å². The largest absolute Gasteiger partial charge is 0.393 e. The van der Waals surface area contributed by atoms with Crippen LogP contribution in [0.3, 0.4) is 0 Å². The maximum absolute atomic E-state index is 12.2. The van der Waals surface area contributed by atoms with E-state index in [9.17, 15) is 14.7 Å². The Morgan fingerprint density at radius 1 is 1.23 bits per heavy atom. The number of urea groups is 1. The molecule has 3 N–H and O–H groups in total. The molecule has 0 aromatic heterocycles. The Hall–Kier alpha value is -2.08. The summed E-state index contributed by atoms with van der Waals surface area (Å²) >= 11 is 0. The molecule has 1 saturated heterocycles. The number of aliphatic hydroxyl groups excluding tert-OH is 1. The number of piperidine rings is 1. The molecule has 0 saturated carbocycles. The maximum atomic E-state index is 12.2. The Labute approximate surface area is 130 Å². The van der Waals surface area contributed by atoms with Gasteiger partial charge in [0.05, 0.1) is 12.5 Å². The Kier molecular flexibility index (Phi) is 5.77. The highest BCUT2D eigenvalue weighted by Gasteiger charge is 2.21. The van der Waals surface area contributed by atoms with E-state index in [4.69, 9.17) is 0 Å². The molecule has 22 heavy (non-hydrogen) atoms. The van der Waals surface area contributed by atoms with Crippen LogP contribution in [-0.4, -0.2) is 47.7 Å². The minimum atomic E-state index is -0.274. The highest BCUT2D eigenvalue weighted by molar-refractivity contribution is 5.89. The molecule has 0 spiro atoms. The Bertz CT molecular complexity index is 508. The zero-order valence-electron chi connectivity index (χ0n) is 12.8. The Morgan fingerprint density at radius 3 is 2.45 bits per heavy atom. The number of anilines is 1. The first-order chi connectivity index (χ1) is 10.6. The normalized spacial score (nSPS) is 15.5. The smallest absolute Gasteiger partial charge is 0.319 e. The molecule has 0 unspecified atom stereocenters. The lowest BCUT2D eigenvalue weighted by atomic mass is 10.1. The third-order valence-electron chi connectivity index (χ3n) is 3.72. The van der Waals surface area contributed by atoms with Gasteiger partial charge in [-0.1, -0.05) is 12.1 Å². The van der Waals surface area contributed by atoms with Crippen molar-refractivity contribution in [3.05, 3.63) is 29.8 Å². The lowest BCUT2D eigenvalue weighted by Crippen LogP contribution is -2.40. The van der Waals surface area contributed by atoms with Crippen molar-refractivity contribution >= 4 is 17.6 Å². The molecular formula is C16H23N3O3. The molecule has 0 radical (unpaired) electrons. The molecule has 0 aliphatic carbocycles. The van der Waals surface area contributed by atoms with Crippen LogP contribution in [0.25, 0.3) is 0 Å². The number of carbonyl (C=O) groups excluding carboxylic acids is 2. The van der Waals surface area contributed by atoms with E-state index in [2.05, 4.69) is 10.6 Å². The van der Waals surface area contributed by atoms with E-state index in [1.54, 1.807) is 17.0 Å². The Balaban J connectivity index is 1.85. The minimum Gasteiger partial charge on any atom is -0.393 e. The van der Waals surface area contributed by atoms with E-state index in [-0.39, 0.29) is 18.0 Å². The first-order valence-electron chi connectivity index (χ1n) is 7.68. The second-order valence-electron chi connectivity index (χ2n) is 5.47. The first-order valence-corrected chi connectivity index (χ1v) is 7.68. The van der Waals surface area contributed by atoms with Crippen LogP contribution in [0.1, 0.15) is 25.3 Å². The standard InChI is InChI=1S/C16H23N3O3/c1-2-17-16(22)18-13-5-3-12(4-6-13)11-15(21)19-9-7-14(20)8-10-19/h3-6,14,20H,2,7-11H2,1H3,(H2,17,18,22). The van der Waals surface area contributed by atoms with Crippen LogP contribution < -0.4 is 10.6 Å². The molecule has 1 aromatic rings. The number of nitrogens with one attached hydrogen (secondary N) is 2. The van der Waals surface area contributed by atoms with Crippen molar-refractivity contribution < 1.29 is 14.7 Å². The monoisotopic (exact) mass is 305 g/mol. The van der Waals surface area contributed by atoms with Gasteiger partial charge in [0.25, 0.3) is 0 Å². The molecule has 1 heterocycles. The molecule has 6 nitrogen and oxygen atoms in total. The average Bonchev–Trinajstić information content (AvgIpc) is 2.50. The second-order valence-corrected chi connectivity index (χ2v) is 5.47. The van der Waals surface area contributed by atoms with Crippen molar-refractivity contribution in [3.8, 4) is 0 Å². The number of rotatable bonds is 4. The summed E-state index contributed by atoms with van der Waals surface area (Å²) in [5.41, 5.74) is 1.61. The topological polar surface area (TPSA) is 81.7 Å². The van der Waals surface area contributed by atoms with Gasteiger partial charge in [-0.05, 0) is 37.5 Å². The van der Waals surface area contributed by atoms with Crippen LogP contribution in [0.15, 0.2) is 24.3 Å². The molecule has 120 valence electrons. The van der Waals surface area contributed by atoms with Crippen molar-refractivity contribution in [2.75, 3.05) is 25.0 Å². The van der Waals surface area contributed by atoms with Crippen LogP contribution in [0.5, 0.6) is 0 Å². The second kappa shape index (κ2) is 7.79. The maximum Gasteiger partial charge on any atom is 0.319 e. The molecule has 3 amide bonds. The van der Waals surface area contributed by atoms with Gasteiger partial charge in [0.15, 0.2) is 0 Å². The summed E-state index contributed by atoms with van der Waals surface area (Å²) in [6.07, 6.45) is 1.38. The van der Waals surface area contributed by atoms with Gasteiger partial charge in [0, 0.05) is 25.3 Å². The van der Waals surface area contributed by atoms with Crippen molar-refractivity contribution in [2.24, 2.45) is 0 Å². The lowest BCUT2D eigenvalue weighted by Gasteiger charge is -2.29. The van der Waals surface area contributed by atoms with Crippen LogP contribution in [0, 0.1) is 0 Å². The summed E-state index contributed by atoms with van der Waals surface area (Å²) in [6, 6.07) is 7.03. The van der Waals surface area contributed by atoms with Crippen molar-refractivity contribution in [1.29, 1.82) is 0 Å². The molecule has 0 bridgehead atoms. The lowest BCUT2D eigenvalue weighted by molar-refractivity contribution is -0.132. The van der Waals surface area contributed by atoms with Gasteiger partial charge >= 0.3 is 6.03 Å². The summed E-state index contributed by atoms with van der Waals surface area (Å²) in [7, 11) is 0. The van der Waals surface area contributed by atoms with Gasteiger partial charge in [0.1, 0.15) is 0 Å².